The summed E-state index contributed by atoms with van der Waals surface area (Å²) in [6.07, 6.45) is 1.23. The number of nitrogens with zero attached hydrogens (tertiary/aromatic N) is 1. The minimum atomic E-state index is -0.431. The van der Waals surface area contributed by atoms with Crippen LogP contribution in [0, 0.1) is 10.1 Å². The highest BCUT2D eigenvalue weighted by molar-refractivity contribution is 5.76. The van der Waals surface area contributed by atoms with Gasteiger partial charge in [-0.05, 0) is 19.4 Å². The first-order valence-electron chi connectivity index (χ1n) is 7.10. The summed E-state index contributed by atoms with van der Waals surface area (Å²) >= 11 is 0. The number of nitrogens with one attached hydrogen (secondary N) is 3. The molecule has 0 aromatic heterocycles. The highest BCUT2D eigenvalue weighted by Crippen LogP contribution is 2.24. The van der Waals surface area contributed by atoms with Crippen LogP contribution < -0.4 is 16.0 Å². The normalized spacial score (nSPS) is 10.0. The fourth-order valence-electron chi connectivity index (χ4n) is 1.80. The van der Waals surface area contributed by atoms with Crippen LogP contribution >= 0.6 is 0 Å². The molecule has 1 amide bonds. The van der Waals surface area contributed by atoms with E-state index in [1.807, 2.05) is 13.8 Å². The minimum absolute atomic E-state index is 0.0198. The van der Waals surface area contributed by atoms with Gasteiger partial charge < -0.3 is 16.0 Å². The summed E-state index contributed by atoms with van der Waals surface area (Å²) in [5.41, 5.74) is 1.33. The number of carbonyl (C=O) groups is 1. The lowest BCUT2D eigenvalue weighted by Gasteiger charge is -2.09. The predicted molar refractivity (Wildman–Crippen MR) is 83.7 cm³/mol. The second kappa shape index (κ2) is 8.78. The number of amides is 1. The third-order valence-corrected chi connectivity index (χ3v) is 2.76. The molecule has 0 spiro atoms. The molecule has 0 radical (unpaired) electrons. The van der Waals surface area contributed by atoms with Gasteiger partial charge in [0.05, 0.1) is 4.92 Å². The Labute approximate surface area is 124 Å². The van der Waals surface area contributed by atoms with Gasteiger partial charge >= 0.3 is 0 Å². The maximum atomic E-state index is 11.5. The van der Waals surface area contributed by atoms with E-state index in [9.17, 15) is 14.9 Å². The largest absolute Gasteiger partial charge is 0.385 e. The molecule has 0 atom stereocenters. The molecule has 0 aliphatic heterocycles. The monoisotopic (exact) mass is 294 g/mol. The third kappa shape index (κ3) is 6.11. The minimum Gasteiger partial charge on any atom is -0.385 e. The zero-order valence-electron chi connectivity index (χ0n) is 12.4. The van der Waals surface area contributed by atoms with E-state index in [2.05, 4.69) is 16.0 Å². The third-order valence-electron chi connectivity index (χ3n) is 2.76. The summed E-state index contributed by atoms with van der Waals surface area (Å²) in [6.45, 7) is 5.69. The summed E-state index contributed by atoms with van der Waals surface area (Å²) < 4.78 is 0. The van der Waals surface area contributed by atoms with Crippen LogP contribution in [0.1, 0.15) is 26.7 Å². The fraction of sp³-hybridized carbons (Fsp3) is 0.500. The van der Waals surface area contributed by atoms with Gasteiger partial charge in [0.2, 0.25) is 5.91 Å². The standard InChI is InChI=1S/C14H22N4O3/c1-3-6-17-14(19)5-7-16-12-8-11(15-4-2)9-13(10-12)18(20)21/h8-10,15-16H,3-7H2,1-2H3,(H,17,19). The Balaban J connectivity index is 2.61. The van der Waals surface area contributed by atoms with Gasteiger partial charge in [0.1, 0.15) is 0 Å². The molecule has 0 saturated carbocycles. The van der Waals surface area contributed by atoms with Crippen molar-refractivity contribution in [3.05, 3.63) is 28.3 Å². The second-order valence-electron chi connectivity index (χ2n) is 4.58. The molecule has 0 heterocycles. The lowest BCUT2D eigenvalue weighted by Crippen LogP contribution is -2.25. The fourth-order valence-corrected chi connectivity index (χ4v) is 1.80. The summed E-state index contributed by atoms with van der Waals surface area (Å²) in [6, 6.07) is 4.74. The van der Waals surface area contributed by atoms with Crippen LogP contribution in [0.2, 0.25) is 0 Å². The number of benzene rings is 1. The van der Waals surface area contributed by atoms with Crippen molar-refractivity contribution in [1.29, 1.82) is 0 Å². The number of nitro groups is 1. The van der Waals surface area contributed by atoms with Gasteiger partial charge in [-0.3, -0.25) is 14.9 Å². The molecule has 21 heavy (non-hydrogen) atoms. The first-order chi connectivity index (χ1) is 10.1. The zero-order chi connectivity index (χ0) is 15.7. The van der Waals surface area contributed by atoms with E-state index in [-0.39, 0.29) is 11.6 Å². The molecule has 7 heteroatoms. The number of anilines is 2. The molecule has 1 aromatic carbocycles. The van der Waals surface area contributed by atoms with Gasteiger partial charge in [0.25, 0.3) is 5.69 Å². The highest BCUT2D eigenvalue weighted by Gasteiger charge is 2.09. The van der Waals surface area contributed by atoms with E-state index >= 15 is 0 Å². The first kappa shape index (κ1) is 16.7. The van der Waals surface area contributed by atoms with Crippen molar-refractivity contribution in [1.82, 2.24) is 5.32 Å². The number of non-ortho nitro benzene ring substituents is 1. The number of hydrogen-bond acceptors (Lipinski definition) is 5. The Morgan fingerprint density at radius 1 is 1.14 bits per heavy atom. The maximum Gasteiger partial charge on any atom is 0.273 e. The Morgan fingerprint density at radius 3 is 2.38 bits per heavy atom. The van der Waals surface area contributed by atoms with Crippen molar-refractivity contribution in [2.45, 2.75) is 26.7 Å². The molecule has 116 valence electrons. The molecule has 0 aliphatic rings. The van der Waals surface area contributed by atoms with Gasteiger partial charge in [0.15, 0.2) is 0 Å². The predicted octanol–water partition coefficient (Wildman–Crippen LogP) is 2.35. The van der Waals surface area contributed by atoms with E-state index in [1.165, 1.54) is 12.1 Å². The number of rotatable bonds is 9. The number of carbonyl (C=O) groups excluding carboxylic acids is 1. The quantitative estimate of drug-likeness (QED) is 0.480. The van der Waals surface area contributed by atoms with Crippen LogP contribution in [-0.4, -0.2) is 30.5 Å². The zero-order valence-corrected chi connectivity index (χ0v) is 12.4. The van der Waals surface area contributed by atoms with Crippen LogP contribution in [-0.2, 0) is 4.79 Å². The van der Waals surface area contributed by atoms with Gasteiger partial charge in [0, 0.05) is 49.6 Å². The van der Waals surface area contributed by atoms with E-state index in [0.717, 1.165) is 6.42 Å². The second-order valence-corrected chi connectivity index (χ2v) is 4.58. The molecule has 0 fully saturated rings. The molecule has 0 saturated heterocycles. The van der Waals surface area contributed by atoms with Gasteiger partial charge in [-0.2, -0.15) is 0 Å². The highest BCUT2D eigenvalue weighted by atomic mass is 16.6. The lowest BCUT2D eigenvalue weighted by molar-refractivity contribution is -0.384. The molecule has 1 aromatic rings. The molecule has 3 N–H and O–H groups in total. The van der Waals surface area contributed by atoms with Crippen molar-refractivity contribution >= 4 is 23.0 Å². The molecule has 0 aliphatic carbocycles. The average Bonchev–Trinajstić information content (AvgIpc) is 2.45. The van der Waals surface area contributed by atoms with Crippen molar-refractivity contribution in [2.75, 3.05) is 30.3 Å². The van der Waals surface area contributed by atoms with Crippen molar-refractivity contribution in [2.24, 2.45) is 0 Å². The van der Waals surface area contributed by atoms with Gasteiger partial charge in [-0.25, -0.2) is 0 Å². The molecular weight excluding hydrogens is 272 g/mol. The Hall–Kier alpha value is -2.31. The average molecular weight is 294 g/mol. The summed E-state index contributed by atoms with van der Waals surface area (Å²) in [4.78, 5) is 21.9. The number of nitro benzene ring substituents is 1. The molecular formula is C14H22N4O3. The Bertz CT molecular complexity index is 491. The number of hydrogen-bond donors (Lipinski definition) is 3. The Kier molecular flexibility index (Phi) is 7.00. The van der Waals surface area contributed by atoms with Crippen molar-refractivity contribution < 1.29 is 9.72 Å². The van der Waals surface area contributed by atoms with Gasteiger partial charge in [-0.1, -0.05) is 6.92 Å². The summed E-state index contributed by atoms with van der Waals surface area (Å²) in [7, 11) is 0. The maximum absolute atomic E-state index is 11.5. The van der Waals surface area contributed by atoms with E-state index in [0.29, 0.717) is 37.4 Å². The lowest BCUT2D eigenvalue weighted by atomic mass is 10.2. The summed E-state index contributed by atoms with van der Waals surface area (Å²) in [5, 5.41) is 19.8. The van der Waals surface area contributed by atoms with E-state index in [4.69, 9.17) is 0 Å². The molecule has 0 bridgehead atoms. The molecule has 1 rings (SSSR count). The van der Waals surface area contributed by atoms with Crippen LogP contribution in [0.25, 0.3) is 0 Å². The molecule has 0 unspecified atom stereocenters. The van der Waals surface area contributed by atoms with Crippen LogP contribution in [0.4, 0.5) is 17.1 Å². The molecule has 7 nitrogen and oxygen atoms in total. The van der Waals surface area contributed by atoms with Crippen LogP contribution in [0.3, 0.4) is 0 Å². The smallest absolute Gasteiger partial charge is 0.273 e. The SMILES string of the molecule is CCCNC(=O)CCNc1cc(NCC)cc([N+](=O)[O-])c1. The van der Waals surface area contributed by atoms with Crippen molar-refractivity contribution in [3.8, 4) is 0 Å². The Morgan fingerprint density at radius 2 is 1.81 bits per heavy atom. The van der Waals surface area contributed by atoms with E-state index in [1.54, 1.807) is 6.07 Å². The topological polar surface area (TPSA) is 96.3 Å². The first-order valence-corrected chi connectivity index (χ1v) is 7.10. The van der Waals surface area contributed by atoms with Crippen LogP contribution in [0.15, 0.2) is 18.2 Å². The summed E-state index contributed by atoms with van der Waals surface area (Å²) in [5.74, 6) is -0.0262. The van der Waals surface area contributed by atoms with Crippen molar-refractivity contribution in [3.63, 3.8) is 0 Å². The van der Waals surface area contributed by atoms with E-state index < -0.39 is 4.92 Å². The van der Waals surface area contributed by atoms with Gasteiger partial charge in [-0.15, -0.1) is 0 Å². The van der Waals surface area contributed by atoms with Crippen LogP contribution in [0.5, 0.6) is 0 Å².